The van der Waals surface area contributed by atoms with Gasteiger partial charge in [0, 0.05) is 16.8 Å². The molecule has 0 saturated carbocycles. The molecular formula is C21H15F3N4O4S. The molecule has 0 aliphatic carbocycles. The van der Waals surface area contributed by atoms with Crippen LogP contribution in [0.4, 0.5) is 13.2 Å². The van der Waals surface area contributed by atoms with Gasteiger partial charge in [0.25, 0.3) is 15.7 Å². The third-order valence-electron chi connectivity index (χ3n) is 4.77. The molecule has 0 saturated heterocycles. The van der Waals surface area contributed by atoms with E-state index in [2.05, 4.69) is 15.2 Å². The lowest BCUT2D eigenvalue weighted by atomic mass is 10.1. The lowest BCUT2D eigenvalue weighted by Gasteiger charge is -2.07. The van der Waals surface area contributed by atoms with Crippen molar-refractivity contribution in [2.24, 2.45) is 0 Å². The number of alkyl halides is 3. The van der Waals surface area contributed by atoms with Crippen molar-refractivity contribution in [3.8, 4) is 23.0 Å². The largest absolute Gasteiger partial charge is 0.501 e. The molecule has 0 spiro atoms. The summed E-state index contributed by atoms with van der Waals surface area (Å²) in [7, 11) is -5.44. The highest BCUT2D eigenvalue weighted by Crippen LogP contribution is 2.31. The van der Waals surface area contributed by atoms with Gasteiger partial charge in [-0.25, -0.2) is 8.42 Å². The van der Waals surface area contributed by atoms with E-state index in [1.807, 2.05) is 13.0 Å². The Labute approximate surface area is 185 Å². The van der Waals surface area contributed by atoms with Crippen molar-refractivity contribution in [1.82, 2.24) is 19.9 Å². The third kappa shape index (κ3) is 4.42. The van der Waals surface area contributed by atoms with Crippen LogP contribution < -0.4 is 0 Å². The number of rotatable bonds is 6. The molecule has 0 aliphatic heterocycles. The van der Waals surface area contributed by atoms with Gasteiger partial charge in [0.2, 0.25) is 5.82 Å². The molecule has 0 aliphatic rings. The van der Waals surface area contributed by atoms with Gasteiger partial charge in [-0.3, -0.25) is 9.48 Å². The Morgan fingerprint density at radius 2 is 1.82 bits per heavy atom. The fourth-order valence-electron chi connectivity index (χ4n) is 3.07. The summed E-state index contributed by atoms with van der Waals surface area (Å²) in [5.41, 5.74) is -2.52. The summed E-state index contributed by atoms with van der Waals surface area (Å²) in [6.45, 7) is 2.24. The van der Waals surface area contributed by atoms with Gasteiger partial charge in [-0.05, 0) is 48.9 Å². The lowest BCUT2D eigenvalue weighted by Crippen LogP contribution is -2.23. The van der Waals surface area contributed by atoms with Gasteiger partial charge in [0.15, 0.2) is 5.69 Å². The van der Waals surface area contributed by atoms with E-state index in [0.29, 0.717) is 17.8 Å². The molecule has 0 radical (unpaired) electrons. The lowest BCUT2D eigenvalue weighted by molar-refractivity contribution is -0.0436. The zero-order valence-corrected chi connectivity index (χ0v) is 17.8. The second-order valence-corrected chi connectivity index (χ2v) is 9.03. The summed E-state index contributed by atoms with van der Waals surface area (Å²) in [5.74, 6) is 0.146. The van der Waals surface area contributed by atoms with Crippen molar-refractivity contribution in [1.29, 1.82) is 0 Å². The fraction of sp³-hybridized carbons (Fsp3) is 0.143. The number of benzene rings is 2. The molecule has 4 aromatic rings. The zero-order chi connectivity index (χ0) is 23.8. The molecule has 0 unspecified atom stereocenters. The summed E-state index contributed by atoms with van der Waals surface area (Å²) in [4.78, 5) is 14.3. The number of carbonyl (C=O) groups excluding carboxylic acids is 1. The predicted octanol–water partition coefficient (Wildman–Crippen LogP) is 4.06. The Morgan fingerprint density at radius 1 is 1.09 bits per heavy atom. The smallest absolute Gasteiger partial charge is 0.332 e. The van der Waals surface area contributed by atoms with Crippen LogP contribution >= 0.6 is 0 Å². The van der Waals surface area contributed by atoms with Gasteiger partial charge < -0.3 is 4.52 Å². The van der Waals surface area contributed by atoms with Crippen molar-refractivity contribution < 1.29 is 30.9 Å². The van der Waals surface area contributed by atoms with Crippen LogP contribution in [0.15, 0.2) is 64.0 Å². The Morgan fingerprint density at radius 3 is 2.48 bits per heavy atom. The van der Waals surface area contributed by atoms with Crippen molar-refractivity contribution in [3.63, 3.8) is 0 Å². The highest BCUT2D eigenvalue weighted by Gasteiger charge is 2.46. The SMILES string of the molecule is Cc1cc(-c2nc(-c3ccc(S(=O)(=O)C(F)(F)F)cc3)no2)nn1Cc1cccc(C=O)c1. The first-order valence-electron chi connectivity index (χ1n) is 9.43. The summed E-state index contributed by atoms with van der Waals surface area (Å²) >= 11 is 0. The van der Waals surface area contributed by atoms with Crippen molar-refractivity contribution in [2.45, 2.75) is 23.9 Å². The number of aromatic nitrogens is 4. The van der Waals surface area contributed by atoms with E-state index in [-0.39, 0.29) is 17.3 Å². The van der Waals surface area contributed by atoms with E-state index in [1.54, 1.807) is 28.9 Å². The second kappa shape index (κ2) is 8.28. The number of carbonyl (C=O) groups is 1. The fourth-order valence-corrected chi connectivity index (χ4v) is 3.84. The number of aldehydes is 1. The average Bonchev–Trinajstić information content (AvgIpc) is 3.40. The number of hydrogen-bond acceptors (Lipinski definition) is 7. The summed E-state index contributed by atoms with van der Waals surface area (Å²) in [6.07, 6.45) is 0.760. The quantitative estimate of drug-likeness (QED) is 0.386. The first-order valence-corrected chi connectivity index (χ1v) is 10.9. The van der Waals surface area contributed by atoms with Crippen LogP contribution in [0.2, 0.25) is 0 Å². The van der Waals surface area contributed by atoms with E-state index < -0.39 is 20.2 Å². The molecule has 0 fully saturated rings. The molecule has 4 rings (SSSR count). The molecule has 2 heterocycles. The molecule has 8 nitrogen and oxygen atoms in total. The van der Waals surface area contributed by atoms with Gasteiger partial charge in [-0.15, -0.1) is 0 Å². The molecule has 12 heteroatoms. The van der Waals surface area contributed by atoms with E-state index in [1.165, 1.54) is 0 Å². The molecule has 0 N–H and O–H groups in total. The van der Waals surface area contributed by atoms with Crippen molar-refractivity contribution in [3.05, 3.63) is 71.4 Å². The minimum Gasteiger partial charge on any atom is -0.332 e. The Hall–Kier alpha value is -3.80. The minimum atomic E-state index is -5.44. The number of hydrogen-bond donors (Lipinski definition) is 0. The minimum absolute atomic E-state index is 0.0619. The molecule has 2 aromatic heterocycles. The second-order valence-electron chi connectivity index (χ2n) is 7.09. The molecule has 0 amide bonds. The predicted molar refractivity (Wildman–Crippen MR) is 110 cm³/mol. The highest BCUT2D eigenvalue weighted by atomic mass is 32.2. The van der Waals surface area contributed by atoms with E-state index >= 15 is 0 Å². The van der Waals surface area contributed by atoms with Crippen LogP contribution in [0.1, 0.15) is 21.6 Å². The first kappa shape index (κ1) is 22.4. The normalized spacial score (nSPS) is 12.1. The van der Waals surface area contributed by atoms with Crippen LogP contribution in [0.25, 0.3) is 23.0 Å². The van der Waals surface area contributed by atoms with Gasteiger partial charge in [0.05, 0.1) is 11.4 Å². The van der Waals surface area contributed by atoms with Crippen molar-refractivity contribution >= 4 is 16.1 Å². The number of halogens is 3. The first-order chi connectivity index (χ1) is 15.6. The number of aryl methyl sites for hydroxylation is 1. The van der Waals surface area contributed by atoms with E-state index in [9.17, 15) is 26.4 Å². The topological polar surface area (TPSA) is 108 Å². The zero-order valence-electron chi connectivity index (χ0n) is 16.9. The van der Waals surface area contributed by atoms with Crippen LogP contribution in [0.5, 0.6) is 0 Å². The maximum atomic E-state index is 12.7. The van der Waals surface area contributed by atoms with Crippen molar-refractivity contribution in [2.75, 3.05) is 0 Å². The average molecular weight is 476 g/mol. The Balaban J connectivity index is 1.57. The monoisotopic (exact) mass is 476 g/mol. The molecule has 33 heavy (non-hydrogen) atoms. The van der Waals surface area contributed by atoms with E-state index in [4.69, 9.17) is 4.52 Å². The molecule has 2 aromatic carbocycles. The standard InChI is InChI=1S/C21H15F3N4O4S/c1-13-9-18(26-28(13)11-14-3-2-4-15(10-14)12-29)20-25-19(27-32-20)16-5-7-17(8-6-16)33(30,31)21(22,23)24/h2-10,12H,11H2,1H3. The van der Waals surface area contributed by atoms with Crippen LogP contribution in [0, 0.1) is 6.92 Å². The van der Waals surface area contributed by atoms with Crippen LogP contribution in [-0.4, -0.2) is 40.1 Å². The number of sulfone groups is 1. The van der Waals surface area contributed by atoms with Crippen LogP contribution in [-0.2, 0) is 16.4 Å². The molecule has 0 bridgehead atoms. The molecule has 0 atom stereocenters. The van der Waals surface area contributed by atoms with Gasteiger partial charge >= 0.3 is 5.51 Å². The van der Waals surface area contributed by atoms with Gasteiger partial charge in [0.1, 0.15) is 6.29 Å². The Kier molecular flexibility index (Phi) is 5.62. The van der Waals surface area contributed by atoms with Gasteiger partial charge in [-0.1, -0.05) is 23.4 Å². The maximum Gasteiger partial charge on any atom is 0.501 e. The molecule has 170 valence electrons. The van der Waals surface area contributed by atoms with Gasteiger partial charge in [-0.2, -0.15) is 23.3 Å². The summed E-state index contributed by atoms with van der Waals surface area (Å²) in [5, 5.41) is 8.24. The highest BCUT2D eigenvalue weighted by molar-refractivity contribution is 7.92. The number of nitrogens with zero attached hydrogens (tertiary/aromatic N) is 4. The maximum absolute atomic E-state index is 12.7. The molecular weight excluding hydrogens is 461 g/mol. The summed E-state index contributed by atoms with van der Waals surface area (Å²) in [6, 6.07) is 12.8. The van der Waals surface area contributed by atoms with Crippen LogP contribution in [0.3, 0.4) is 0 Å². The van der Waals surface area contributed by atoms with E-state index in [0.717, 1.165) is 41.8 Å². The summed E-state index contributed by atoms with van der Waals surface area (Å²) < 4.78 is 68.0. The third-order valence-corrected chi connectivity index (χ3v) is 6.28. The Bertz CT molecular complexity index is 1420.